The number of hydrogen-bond acceptors (Lipinski definition) is 4. The first-order valence-corrected chi connectivity index (χ1v) is 9.44. The van der Waals surface area contributed by atoms with Crippen molar-refractivity contribution in [2.75, 3.05) is 6.54 Å². The van der Waals surface area contributed by atoms with E-state index in [2.05, 4.69) is 0 Å². The Balaban J connectivity index is 2.18. The van der Waals surface area contributed by atoms with E-state index in [9.17, 15) is 23.1 Å². The lowest BCUT2D eigenvalue weighted by molar-refractivity contribution is -0.153. The molecule has 2 aromatic rings. The molecule has 8 heteroatoms. The third-order valence-corrected chi connectivity index (χ3v) is 6.50. The lowest BCUT2D eigenvalue weighted by atomic mass is 9.95. The van der Waals surface area contributed by atoms with Crippen LogP contribution in [0.4, 0.5) is 0 Å². The Morgan fingerprint density at radius 2 is 1.77 bits per heavy atom. The molecule has 0 spiro atoms. The highest BCUT2D eigenvalue weighted by Gasteiger charge is 2.54. The van der Waals surface area contributed by atoms with Crippen LogP contribution in [-0.4, -0.2) is 41.8 Å². The van der Waals surface area contributed by atoms with Crippen molar-refractivity contribution in [3.05, 3.63) is 54.6 Å². The predicted molar refractivity (Wildman–Crippen MR) is 95.8 cm³/mol. The number of aliphatic carboxylic acids is 1. The van der Waals surface area contributed by atoms with Gasteiger partial charge in [-0.25, -0.2) is 13.2 Å². The van der Waals surface area contributed by atoms with Gasteiger partial charge in [0.15, 0.2) is 0 Å². The largest absolute Gasteiger partial charge is 0.479 e. The number of carboxylic acid groups (broad SMARTS) is 1. The van der Waals surface area contributed by atoms with Crippen molar-refractivity contribution < 1.29 is 23.1 Å². The summed E-state index contributed by atoms with van der Waals surface area (Å²) in [4.78, 5) is 23.9. The van der Waals surface area contributed by atoms with Gasteiger partial charge in [-0.1, -0.05) is 42.5 Å². The maximum atomic E-state index is 13.2. The van der Waals surface area contributed by atoms with Crippen molar-refractivity contribution in [1.29, 1.82) is 0 Å². The Bertz CT molecular complexity index is 999. The topological polar surface area (TPSA) is 118 Å². The van der Waals surface area contributed by atoms with Gasteiger partial charge in [0.2, 0.25) is 15.6 Å². The zero-order chi connectivity index (χ0) is 18.9. The number of sulfonamides is 1. The summed E-state index contributed by atoms with van der Waals surface area (Å²) in [6.07, 6.45) is 3.10. The van der Waals surface area contributed by atoms with Crippen molar-refractivity contribution in [3.8, 4) is 0 Å². The van der Waals surface area contributed by atoms with Crippen molar-refractivity contribution in [2.45, 2.75) is 23.3 Å². The van der Waals surface area contributed by atoms with Gasteiger partial charge in [0.05, 0.1) is 4.90 Å². The van der Waals surface area contributed by atoms with Crippen LogP contribution in [0.1, 0.15) is 12.8 Å². The van der Waals surface area contributed by atoms with Crippen LogP contribution in [0.5, 0.6) is 0 Å². The molecular formula is C18H18N2O5S. The van der Waals surface area contributed by atoms with Gasteiger partial charge in [0, 0.05) is 13.0 Å². The predicted octanol–water partition coefficient (Wildman–Crippen LogP) is 1.49. The molecule has 1 aliphatic rings. The number of rotatable bonds is 4. The molecule has 1 heterocycles. The molecule has 0 unspecified atom stereocenters. The average Bonchev–Trinajstić information content (AvgIpc) is 2.85. The summed E-state index contributed by atoms with van der Waals surface area (Å²) in [5.74, 6) is -2.79. The summed E-state index contributed by atoms with van der Waals surface area (Å²) in [6.45, 7) is -0.152. The molecule has 0 bridgehead atoms. The molecule has 0 fully saturated rings. The van der Waals surface area contributed by atoms with Crippen LogP contribution in [-0.2, 0) is 19.6 Å². The Morgan fingerprint density at radius 3 is 2.42 bits per heavy atom. The van der Waals surface area contributed by atoms with Crippen molar-refractivity contribution >= 4 is 32.7 Å². The molecule has 0 aliphatic carbocycles. The standard InChI is InChI=1S/C18H18N2O5S/c19-16(21)18(17(22)23)10-4-1-5-11-20(18)26(24,25)15-9-8-13-6-2-3-7-14(13)12-15/h1-4,6-9,12H,5,10-11H2,(H2,19,21)(H,22,23)/t18-/m1/s1. The molecule has 1 atom stereocenters. The summed E-state index contributed by atoms with van der Waals surface area (Å²) < 4.78 is 27.2. The fourth-order valence-corrected chi connectivity index (χ4v) is 4.93. The van der Waals surface area contributed by atoms with Crippen molar-refractivity contribution in [2.24, 2.45) is 5.73 Å². The average molecular weight is 374 g/mol. The second-order valence-electron chi connectivity index (χ2n) is 6.08. The summed E-state index contributed by atoms with van der Waals surface area (Å²) in [5.41, 5.74) is 3.02. The van der Waals surface area contributed by atoms with E-state index >= 15 is 0 Å². The Labute approximate surface area is 150 Å². The number of nitrogens with two attached hydrogens (primary N) is 1. The SMILES string of the molecule is NC(=O)[C@@]1(C(=O)O)CC=CCCN1S(=O)(=O)c1ccc2ccccc2c1. The zero-order valence-electron chi connectivity index (χ0n) is 13.8. The molecule has 136 valence electrons. The highest BCUT2D eigenvalue weighted by Crippen LogP contribution is 2.32. The highest BCUT2D eigenvalue weighted by molar-refractivity contribution is 7.89. The molecule has 3 N–H and O–H groups in total. The van der Waals surface area contributed by atoms with Crippen LogP contribution in [0.25, 0.3) is 10.8 Å². The first-order valence-electron chi connectivity index (χ1n) is 8.00. The van der Waals surface area contributed by atoms with Crippen LogP contribution in [0.3, 0.4) is 0 Å². The number of amides is 1. The molecule has 3 rings (SSSR count). The fourth-order valence-electron chi connectivity index (χ4n) is 3.16. The molecule has 1 amide bonds. The third-order valence-electron chi connectivity index (χ3n) is 4.57. The normalized spacial score (nSPS) is 21.4. The number of hydrogen-bond donors (Lipinski definition) is 2. The summed E-state index contributed by atoms with van der Waals surface area (Å²) >= 11 is 0. The van der Waals surface area contributed by atoms with Gasteiger partial charge in [-0.2, -0.15) is 4.31 Å². The number of nitrogens with zero attached hydrogens (tertiary/aromatic N) is 1. The number of carbonyl (C=O) groups excluding carboxylic acids is 1. The number of fused-ring (bicyclic) bond motifs is 1. The zero-order valence-corrected chi connectivity index (χ0v) is 14.6. The van der Waals surface area contributed by atoms with Crippen LogP contribution >= 0.6 is 0 Å². The Hall–Kier alpha value is -2.71. The Morgan fingerprint density at radius 1 is 1.08 bits per heavy atom. The minimum atomic E-state index is -4.26. The molecule has 7 nitrogen and oxygen atoms in total. The lowest BCUT2D eigenvalue weighted by Gasteiger charge is -2.35. The molecule has 0 radical (unpaired) electrons. The van der Waals surface area contributed by atoms with E-state index in [-0.39, 0.29) is 24.3 Å². The van der Waals surface area contributed by atoms with Crippen LogP contribution < -0.4 is 5.73 Å². The van der Waals surface area contributed by atoms with Crippen molar-refractivity contribution in [1.82, 2.24) is 4.31 Å². The first kappa shape index (κ1) is 18.1. The van der Waals surface area contributed by atoms with Gasteiger partial charge in [-0.3, -0.25) is 4.79 Å². The number of carboxylic acids is 1. The quantitative estimate of drug-likeness (QED) is 0.621. The monoisotopic (exact) mass is 374 g/mol. The fraction of sp³-hybridized carbons (Fsp3) is 0.222. The summed E-state index contributed by atoms with van der Waals surface area (Å²) in [7, 11) is -4.26. The van der Waals surface area contributed by atoms with E-state index in [4.69, 9.17) is 5.73 Å². The number of benzene rings is 2. The molecule has 2 aromatic carbocycles. The molecular weight excluding hydrogens is 356 g/mol. The molecule has 0 saturated heterocycles. The first-order chi connectivity index (χ1) is 12.3. The van der Waals surface area contributed by atoms with E-state index in [1.54, 1.807) is 24.3 Å². The second kappa shape index (κ2) is 6.54. The van der Waals surface area contributed by atoms with E-state index in [0.29, 0.717) is 5.39 Å². The Kier molecular flexibility index (Phi) is 4.55. The van der Waals surface area contributed by atoms with Gasteiger partial charge < -0.3 is 10.8 Å². The van der Waals surface area contributed by atoms with Gasteiger partial charge in [-0.05, 0) is 29.3 Å². The van der Waals surface area contributed by atoms with E-state index < -0.39 is 27.4 Å². The molecule has 26 heavy (non-hydrogen) atoms. The molecule has 0 saturated carbocycles. The summed E-state index contributed by atoms with van der Waals surface area (Å²) in [6, 6.07) is 11.7. The van der Waals surface area contributed by atoms with Gasteiger partial charge in [0.25, 0.3) is 5.91 Å². The minimum Gasteiger partial charge on any atom is -0.479 e. The second-order valence-corrected chi connectivity index (χ2v) is 7.94. The van der Waals surface area contributed by atoms with Crippen LogP contribution in [0.2, 0.25) is 0 Å². The smallest absolute Gasteiger partial charge is 0.335 e. The minimum absolute atomic E-state index is 0.0787. The van der Waals surface area contributed by atoms with Gasteiger partial charge in [0.1, 0.15) is 0 Å². The molecule has 1 aliphatic heterocycles. The van der Waals surface area contributed by atoms with Crippen LogP contribution in [0.15, 0.2) is 59.5 Å². The van der Waals surface area contributed by atoms with E-state index in [1.165, 1.54) is 18.2 Å². The maximum absolute atomic E-state index is 13.2. The van der Waals surface area contributed by atoms with Crippen molar-refractivity contribution in [3.63, 3.8) is 0 Å². The number of primary amides is 1. The number of carbonyl (C=O) groups is 2. The van der Waals surface area contributed by atoms with E-state index in [0.717, 1.165) is 9.69 Å². The van der Waals surface area contributed by atoms with Gasteiger partial charge >= 0.3 is 5.97 Å². The van der Waals surface area contributed by atoms with E-state index in [1.807, 2.05) is 12.1 Å². The maximum Gasteiger partial charge on any atom is 0.335 e. The van der Waals surface area contributed by atoms with Crippen LogP contribution in [0, 0.1) is 0 Å². The molecule has 0 aromatic heterocycles. The summed E-state index contributed by atoms with van der Waals surface area (Å²) in [5, 5.41) is 11.2. The highest BCUT2D eigenvalue weighted by atomic mass is 32.2. The lowest BCUT2D eigenvalue weighted by Crippen LogP contribution is -2.63. The third kappa shape index (κ3) is 2.77. The van der Waals surface area contributed by atoms with Gasteiger partial charge in [-0.15, -0.1) is 0 Å².